The van der Waals surface area contributed by atoms with E-state index in [-0.39, 0.29) is 23.5 Å². The first kappa shape index (κ1) is 31.3. The third-order valence-electron chi connectivity index (χ3n) is 5.98. The highest BCUT2D eigenvalue weighted by molar-refractivity contribution is 6.44. The molecule has 0 saturated heterocycles. The van der Waals surface area contributed by atoms with Crippen LogP contribution in [0.3, 0.4) is 0 Å². The minimum atomic E-state index is -4.82. The zero-order chi connectivity index (χ0) is 29.6. The quantitative estimate of drug-likeness (QED) is 0.136. The number of rotatable bonds is 12. The third-order valence-corrected chi connectivity index (χ3v) is 6.41. The highest BCUT2D eigenvalue weighted by Crippen LogP contribution is 2.28. The Morgan fingerprint density at radius 1 is 1.15 bits per heavy atom. The maximum absolute atomic E-state index is 14.9. The number of hydrogen-bond acceptors (Lipinski definition) is 6. The Kier molecular flexibility index (Phi) is 10.5. The molecule has 4 N–H and O–H groups in total. The van der Waals surface area contributed by atoms with Gasteiger partial charge in [-0.2, -0.15) is 27.8 Å². The number of pyridine rings is 1. The highest BCUT2D eigenvalue weighted by Gasteiger charge is 2.38. The van der Waals surface area contributed by atoms with Crippen LogP contribution in [-0.4, -0.2) is 65.0 Å². The maximum Gasteiger partial charge on any atom is 0.414 e. The molecule has 3 heterocycles. The molecule has 3 aromatic heterocycles. The molecule has 0 aliphatic rings. The smallest absolute Gasteiger partial charge is 0.384 e. The molecule has 2 atom stereocenters. The normalized spacial score (nSPS) is 13.3. The van der Waals surface area contributed by atoms with Gasteiger partial charge in [-0.05, 0) is 51.3 Å². The number of aromatic amines is 1. The molecule has 3 rings (SSSR count). The molecule has 16 heteroatoms. The second-order valence-electron chi connectivity index (χ2n) is 8.97. The van der Waals surface area contributed by atoms with Crippen LogP contribution >= 0.6 is 23.2 Å². The van der Waals surface area contributed by atoms with Crippen LogP contribution in [0.1, 0.15) is 47.6 Å². The summed E-state index contributed by atoms with van der Waals surface area (Å²) < 4.78 is 53.8. The Morgan fingerprint density at radius 2 is 1.88 bits per heavy atom. The second-order valence-corrected chi connectivity index (χ2v) is 10.2. The number of aliphatic hydroxyl groups is 1. The van der Waals surface area contributed by atoms with Gasteiger partial charge in [0, 0.05) is 36.0 Å². The van der Waals surface area contributed by atoms with E-state index in [1.807, 2.05) is 0 Å². The summed E-state index contributed by atoms with van der Waals surface area (Å²) in [6.07, 6.45) is -6.22. The Hall–Kier alpha value is -3.23. The van der Waals surface area contributed by atoms with E-state index in [0.29, 0.717) is 29.8 Å². The predicted octanol–water partition coefficient (Wildman–Crippen LogP) is 4.45. The van der Waals surface area contributed by atoms with Crippen molar-refractivity contribution >= 4 is 40.8 Å². The van der Waals surface area contributed by atoms with Crippen molar-refractivity contribution in [3.63, 3.8) is 0 Å². The number of amides is 2. The summed E-state index contributed by atoms with van der Waals surface area (Å²) in [5, 5.41) is 24.9. The van der Waals surface area contributed by atoms with Gasteiger partial charge in [0.2, 0.25) is 11.9 Å². The molecule has 0 aromatic carbocycles. The van der Waals surface area contributed by atoms with Gasteiger partial charge in [-0.25, -0.2) is 4.98 Å². The molecule has 0 bridgehead atoms. The van der Waals surface area contributed by atoms with Crippen LogP contribution in [0.2, 0.25) is 0 Å². The summed E-state index contributed by atoms with van der Waals surface area (Å²) in [5.41, 5.74) is 1.82. The lowest BCUT2D eigenvalue weighted by atomic mass is 10.1. The molecule has 0 aliphatic heterocycles. The zero-order valence-corrected chi connectivity index (χ0v) is 22.9. The van der Waals surface area contributed by atoms with Crippen molar-refractivity contribution in [2.45, 2.75) is 69.2 Å². The first-order chi connectivity index (χ1) is 18.8. The summed E-state index contributed by atoms with van der Waals surface area (Å²) in [6, 6.07) is 2.94. The number of nitrogens with one attached hydrogen (secondary N) is 3. The lowest BCUT2D eigenvalue weighted by Crippen LogP contribution is -2.44. The number of aromatic nitrogens is 5. The number of alkyl halides is 5. The number of carbonyl (C=O) groups is 2. The first-order valence-corrected chi connectivity index (χ1v) is 13.0. The van der Waals surface area contributed by atoms with Gasteiger partial charge in [-0.15, -0.1) is 23.2 Å². The minimum absolute atomic E-state index is 0.0857. The van der Waals surface area contributed by atoms with Crippen LogP contribution in [0, 0.1) is 19.8 Å². The standard InChI is InChI=1S/C24H27Cl2F4N7O3/c1-12-20(13(2)36-35-12)14-6-7-19(33-21(14)27)34-22(39)15(4-3-5-18(25)26)32-23(40)16-8-10-31-37(16)11-9-17(38)24(28,29)30/h6-8,10,15,17-18,38H,3-5,9,11H2,1-2H3,(H,32,40)(H,35,36)(H,33,34,39)/t15-,17?/m0/s1. The monoisotopic (exact) mass is 607 g/mol. The summed E-state index contributed by atoms with van der Waals surface area (Å²) in [7, 11) is 0. The van der Waals surface area contributed by atoms with Crippen LogP contribution in [0.5, 0.6) is 0 Å². The number of H-pyrrole nitrogens is 1. The van der Waals surface area contributed by atoms with E-state index in [1.54, 1.807) is 13.8 Å². The molecule has 218 valence electrons. The predicted molar refractivity (Wildman–Crippen MR) is 139 cm³/mol. The average Bonchev–Trinajstić information content (AvgIpc) is 3.47. The minimum Gasteiger partial charge on any atom is -0.384 e. The van der Waals surface area contributed by atoms with Crippen molar-refractivity contribution in [2.24, 2.45) is 0 Å². The van der Waals surface area contributed by atoms with Gasteiger partial charge in [0.05, 0.1) is 5.69 Å². The molecular weight excluding hydrogens is 581 g/mol. The lowest BCUT2D eigenvalue weighted by molar-refractivity contribution is -0.206. The van der Waals surface area contributed by atoms with Gasteiger partial charge < -0.3 is 15.7 Å². The number of halogens is 6. The van der Waals surface area contributed by atoms with Crippen molar-refractivity contribution in [1.29, 1.82) is 0 Å². The fourth-order valence-corrected chi connectivity index (χ4v) is 4.25. The van der Waals surface area contributed by atoms with Crippen molar-refractivity contribution in [3.8, 4) is 11.1 Å². The van der Waals surface area contributed by atoms with Gasteiger partial charge in [-0.1, -0.05) is 0 Å². The number of aliphatic hydroxyl groups excluding tert-OH is 1. The summed E-state index contributed by atoms with van der Waals surface area (Å²) in [6.45, 7) is 3.03. The van der Waals surface area contributed by atoms with Gasteiger partial charge in [0.25, 0.3) is 5.91 Å². The van der Waals surface area contributed by atoms with Gasteiger partial charge >= 0.3 is 6.18 Å². The van der Waals surface area contributed by atoms with Crippen LogP contribution < -0.4 is 10.6 Å². The van der Waals surface area contributed by atoms with Crippen molar-refractivity contribution in [3.05, 3.63) is 47.4 Å². The van der Waals surface area contributed by atoms with Crippen LogP contribution in [-0.2, 0) is 11.3 Å². The van der Waals surface area contributed by atoms with Crippen molar-refractivity contribution in [2.75, 3.05) is 5.32 Å². The molecule has 0 saturated carbocycles. The van der Waals surface area contributed by atoms with E-state index in [4.69, 9.17) is 23.2 Å². The van der Waals surface area contributed by atoms with E-state index in [2.05, 4.69) is 30.9 Å². The van der Waals surface area contributed by atoms with Crippen LogP contribution in [0.25, 0.3) is 11.1 Å². The molecule has 0 radical (unpaired) electrons. The molecule has 10 nitrogen and oxygen atoms in total. The fraction of sp³-hybridized carbons (Fsp3) is 0.458. The van der Waals surface area contributed by atoms with Gasteiger partial charge in [-0.3, -0.25) is 19.4 Å². The molecule has 3 aromatic rings. The maximum atomic E-state index is 14.9. The highest BCUT2D eigenvalue weighted by atomic mass is 35.5. The molecule has 0 spiro atoms. The number of aryl methyl sites for hydroxylation is 3. The second kappa shape index (κ2) is 13.4. The van der Waals surface area contributed by atoms with Crippen LogP contribution in [0.15, 0.2) is 24.4 Å². The van der Waals surface area contributed by atoms with Gasteiger partial charge in [0.1, 0.15) is 22.4 Å². The number of hydrogen-bond donors (Lipinski definition) is 4. The average molecular weight is 608 g/mol. The number of nitrogens with zero attached hydrogens (tertiary/aromatic N) is 4. The molecule has 1 unspecified atom stereocenters. The van der Waals surface area contributed by atoms with E-state index in [1.165, 1.54) is 24.4 Å². The summed E-state index contributed by atoms with van der Waals surface area (Å²) in [5.74, 6) is -2.47. The first-order valence-electron chi connectivity index (χ1n) is 12.1. The van der Waals surface area contributed by atoms with E-state index in [9.17, 15) is 32.3 Å². The zero-order valence-electron chi connectivity index (χ0n) is 21.4. The number of carbonyl (C=O) groups excluding carboxylic acids is 2. The molecule has 40 heavy (non-hydrogen) atoms. The van der Waals surface area contributed by atoms with Gasteiger partial charge in [0.15, 0.2) is 6.10 Å². The molecule has 0 aliphatic carbocycles. The van der Waals surface area contributed by atoms with Crippen molar-refractivity contribution < 1.29 is 32.3 Å². The van der Waals surface area contributed by atoms with E-state index < -0.39 is 53.9 Å². The lowest BCUT2D eigenvalue weighted by Gasteiger charge is -2.19. The molecular formula is C24H27Cl2F4N7O3. The van der Waals surface area contributed by atoms with Crippen LogP contribution in [0.4, 0.5) is 23.4 Å². The fourth-order valence-electron chi connectivity index (χ4n) is 3.94. The molecule has 2 amide bonds. The Labute approximate surface area is 236 Å². The van der Waals surface area contributed by atoms with E-state index in [0.717, 1.165) is 4.68 Å². The molecule has 0 fully saturated rings. The van der Waals surface area contributed by atoms with E-state index >= 15 is 0 Å². The third kappa shape index (κ3) is 8.15. The Bertz CT molecular complexity index is 1310. The largest absolute Gasteiger partial charge is 0.414 e. The van der Waals surface area contributed by atoms with Crippen molar-refractivity contribution in [1.82, 2.24) is 30.3 Å². The summed E-state index contributed by atoms with van der Waals surface area (Å²) in [4.78, 5) is 29.2. The number of anilines is 1. The Balaban J connectivity index is 1.74. The summed E-state index contributed by atoms with van der Waals surface area (Å²) >= 11 is 11.5. The topological polar surface area (TPSA) is 138 Å². The Morgan fingerprint density at radius 3 is 2.48 bits per heavy atom. The SMILES string of the molecule is Cc1n[nH]c(C)c1-c1ccc(NC(=O)[C@H](CCCC(Cl)Cl)NC(=O)c2ccnn2CCC(O)C(F)(F)F)nc1F.